The number of rotatable bonds is 6. The Morgan fingerprint density at radius 3 is 2.57 bits per heavy atom. The van der Waals surface area contributed by atoms with E-state index in [1.54, 1.807) is 40.4 Å². The van der Waals surface area contributed by atoms with Gasteiger partial charge in [-0.15, -0.1) is 0 Å². The fourth-order valence-electron chi connectivity index (χ4n) is 3.97. The molecule has 1 aliphatic rings. The molecule has 148 valence electrons. The van der Waals surface area contributed by atoms with Crippen LogP contribution in [0, 0.1) is 11.7 Å². The SMILES string of the molecule is CCN(Cc1ccncc1)C(=O)[C@@H]1CCC(=O)N(CC)[C@H]1c1ccccc1F. The largest absolute Gasteiger partial charge is 0.338 e. The average molecular weight is 383 g/mol. The first kappa shape index (κ1) is 20.0. The molecule has 2 amide bonds. The van der Waals surface area contributed by atoms with Gasteiger partial charge in [-0.05, 0) is 44.0 Å². The number of aromatic nitrogens is 1. The second-order valence-electron chi connectivity index (χ2n) is 7.00. The number of pyridine rings is 1. The minimum absolute atomic E-state index is 0.0306. The first-order valence-electron chi connectivity index (χ1n) is 9.78. The van der Waals surface area contributed by atoms with Crippen molar-refractivity contribution in [3.8, 4) is 0 Å². The number of likely N-dealkylation sites (tertiary alicyclic amines) is 1. The van der Waals surface area contributed by atoms with Crippen LogP contribution in [0.4, 0.5) is 4.39 Å². The predicted octanol–water partition coefficient (Wildman–Crippen LogP) is 3.57. The molecule has 2 heterocycles. The van der Waals surface area contributed by atoms with Crippen molar-refractivity contribution in [3.05, 3.63) is 65.7 Å². The highest BCUT2D eigenvalue weighted by atomic mass is 19.1. The fourth-order valence-corrected chi connectivity index (χ4v) is 3.97. The van der Waals surface area contributed by atoms with E-state index in [9.17, 15) is 14.0 Å². The Morgan fingerprint density at radius 2 is 1.93 bits per heavy atom. The third kappa shape index (κ3) is 4.06. The molecule has 0 N–H and O–H groups in total. The van der Waals surface area contributed by atoms with Crippen LogP contribution < -0.4 is 0 Å². The highest BCUT2D eigenvalue weighted by Gasteiger charge is 2.42. The number of carbonyl (C=O) groups excluding carboxylic acids is 2. The highest BCUT2D eigenvalue weighted by molar-refractivity contribution is 5.85. The number of nitrogens with zero attached hydrogens (tertiary/aromatic N) is 3. The van der Waals surface area contributed by atoms with Gasteiger partial charge in [0.1, 0.15) is 5.82 Å². The minimum atomic E-state index is -0.577. The van der Waals surface area contributed by atoms with Crippen LogP contribution in [0.15, 0.2) is 48.8 Å². The minimum Gasteiger partial charge on any atom is -0.338 e. The molecule has 1 fully saturated rings. The molecular formula is C22H26FN3O2. The molecular weight excluding hydrogens is 357 g/mol. The Kier molecular flexibility index (Phi) is 6.39. The maximum absolute atomic E-state index is 14.6. The van der Waals surface area contributed by atoms with Gasteiger partial charge < -0.3 is 9.80 Å². The van der Waals surface area contributed by atoms with Crippen molar-refractivity contribution in [2.75, 3.05) is 13.1 Å². The van der Waals surface area contributed by atoms with Crippen molar-refractivity contribution < 1.29 is 14.0 Å². The van der Waals surface area contributed by atoms with Gasteiger partial charge >= 0.3 is 0 Å². The summed E-state index contributed by atoms with van der Waals surface area (Å²) in [5, 5.41) is 0. The van der Waals surface area contributed by atoms with Crippen LogP contribution in [0.3, 0.4) is 0 Å². The number of amides is 2. The van der Waals surface area contributed by atoms with E-state index in [0.29, 0.717) is 38.0 Å². The number of halogens is 1. The second kappa shape index (κ2) is 8.95. The molecule has 1 saturated heterocycles. The van der Waals surface area contributed by atoms with E-state index < -0.39 is 12.0 Å². The van der Waals surface area contributed by atoms with E-state index >= 15 is 0 Å². The van der Waals surface area contributed by atoms with E-state index in [1.807, 2.05) is 26.0 Å². The molecule has 0 spiro atoms. The topological polar surface area (TPSA) is 53.5 Å². The summed E-state index contributed by atoms with van der Waals surface area (Å²) in [6, 6.07) is 9.63. The quantitative estimate of drug-likeness (QED) is 0.766. The van der Waals surface area contributed by atoms with Crippen molar-refractivity contribution >= 4 is 11.8 Å². The number of carbonyl (C=O) groups is 2. The van der Waals surface area contributed by atoms with E-state index in [4.69, 9.17) is 0 Å². The highest BCUT2D eigenvalue weighted by Crippen LogP contribution is 2.38. The molecule has 0 bridgehead atoms. The summed E-state index contributed by atoms with van der Waals surface area (Å²) in [6.07, 6.45) is 4.14. The normalized spacial score (nSPS) is 19.5. The average Bonchev–Trinajstić information content (AvgIpc) is 2.72. The van der Waals surface area contributed by atoms with Gasteiger partial charge in [-0.1, -0.05) is 18.2 Å². The Hall–Kier alpha value is -2.76. The second-order valence-corrected chi connectivity index (χ2v) is 7.00. The molecule has 2 atom stereocenters. The molecule has 2 aromatic rings. The summed E-state index contributed by atoms with van der Waals surface area (Å²) in [6.45, 7) is 5.26. The lowest BCUT2D eigenvalue weighted by Crippen LogP contribution is -2.49. The summed E-state index contributed by atoms with van der Waals surface area (Å²) < 4.78 is 14.6. The van der Waals surface area contributed by atoms with Crippen molar-refractivity contribution in [1.82, 2.24) is 14.8 Å². The fraction of sp³-hybridized carbons (Fsp3) is 0.409. The maximum Gasteiger partial charge on any atom is 0.228 e. The predicted molar refractivity (Wildman–Crippen MR) is 105 cm³/mol. The van der Waals surface area contributed by atoms with Gasteiger partial charge in [-0.2, -0.15) is 0 Å². The van der Waals surface area contributed by atoms with Crippen molar-refractivity contribution in [3.63, 3.8) is 0 Å². The molecule has 3 rings (SSSR count). The molecule has 0 saturated carbocycles. The monoisotopic (exact) mass is 383 g/mol. The molecule has 28 heavy (non-hydrogen) atoms. The van der Waals surface area contributed by atoms with Gasteiger partial charge in [0.2, 0.25) is 11.8 Å². The maximum atomic E-state index is 14.6. The van der Waals surface area contributed by atoms with Gasteiger partial charge in [0.25, 0.3) is 0 Å². The van der Waals surface area contributed by atoms with E-state index in [1.165, 1.54) is 6.07 Å². The molecule has 0 unspecified atom stereocenters. The molecule has 0 radical (unpaired) electrons. The van der Waals surface area contributed by atoms with Crippen LogP contribution in [0.1, 0.15) is 43.9 Å². The number of hydrogen-bond acceptors (Lipinski definition) is 3. The summed E-state index contributed by atoms with van der Waals surface area (Å²) in [4.78, 5) is 33.4. The molecule has 0 aliphatic carbocycles. The van der Waals surface area contributed by atoms with Gasteiger partial charge in [0.05, 0.1) is 12.0 Å². The van der Waals surface area contributed by atoms with Crippen LogP contribution >= 0.6 is 0 Å². The first-order chi connectivity index (χ1) is 13.6. The van der Waals surface area contributed by atoms with E-state index in [0.717, 1.165) is 5.56 Å². The van der Waals surface area contributed by atoms with E-state index in [-0.39, 0.29) is 17.6 Å². The standard InChI is InChI=1S/C22H26FN3O2/c1-3-25(15-16-11-13-24-14-12-16)22(28)18-9-10-20(27)26(4-2)21(18)17-7-5-6-8-19(17)23/h5-8,11-14,18,21H,3-4,9-10,15H2,1-2H3/t18-,21+/m1/s1. The third-order valence-corrected chi connectivity index (χ3v) is 5.40. The Labute approximate surface area is 165 Å². The molecule has 5 nitrogen and oxygen atoms in total. The molecule has 1 aromatic heterocycles. The summed E-state index contributed by atoms with van der Waals surface area (Å²) in [5.41, 5.74) is 1.41. The van der Waals surface area contributed by atoms with Gasteiger partial charge in [-0.25, -0.2) is 4.39 Å². The van der Waals surface area contributed by atoms with Crippen LogP contribution in [0.5, 0.6) is 0 Å². The smallest absolute Gasteiger partial charge is 0.228 e. The van der Waals surface area contributed by atoms with E-state index in [2.05, 4.69) is 4.98 Å². The van der Waals surface area contributed by atoms with Gasteiger partial charge in [0.15, 0.2) is 0 Å². The summed E-state index contributed by atoms with van der Waals surface area (Å²) in [5.74, 6) is -0.914. The van der Waals surface area contributed by atoms with Crippen molar-refractivity contribution in [2.45, 2.75) is 39.3 Å². The number of piperidine rings is 1. The molecule has 1 aliphatic heterocycles. The third-order valence-electron chi connectivity index (χ3n) is 5.40. The first-order valence-corrected chi connectivity index (χ1v) is 9.78. The number of benzene rings is 1. The van der Waals surface area contributed by atoms with Crippen LogP contribution in [0.25, 0.3) is 0 Å². The van der Waals surface area contributed by atoms with Crippen LogP contribution in [0.2, 0.25) is 0 Å². The lowest BCUT2D eigenvalue weighted by Gasteiger charge is -2.42. The lowest BCUT2D eigenvalue weighted by atomic mass is 9.83. The zero-order chi connectivity index (χ0) is 20.1. The molecule has 6 heteroatoms. The zero-order valence-electron chi connectivity index (χ0n) is 16.3. The van der Waals surface area contributed by atoms with Crippen LogP contribution in [-0.2, 0) is 16.1 Å². The summed E-state index contributed by atoms with van der Waals surface area (Å²) in [7, 11) is 0. The summed E-state index contributed by atoms with van der Waals surface area (Å²) >= 11 is 0. The Morgan fingerprint density at radius 1 is 1.21 bits per heavy atom. The Balaban J connectivity index is 1.93. The van der Waals surface area contributed by atoms with Gasteiger partial charge in [0, 0.05) is 44.0 Å². The van der Waals surface area contributed by atoms with Crippen LogP contribution in [-0.4, -0.2) is 39.7 Å². The lowest BCUT2D eigenvalue weighted by molar-refractivity contribution is -0.148. The number of hydrogen-bond donors (Lipinski definition) is 0. The van der Waals surface area contributed by atoms with Gasteiger partial charge in [-0.3, -0.25) is 14.6 Å². The molecule has 1 aromatic carbocycles. The zero-order valence-corrected chi connectivity index (χ0v) is 16.3. The Bertz CT molecular complexity index is 828. The van der Waals surface area contributed by atoms with Crippen molar-refractivity contribution in [1.29, 1.82) is 0 Å². The van der Waals surface area contributed by atoms with Crippen molar-refractivity contribution in [2.24, 2.45) is 5.92 Å².